The lowest BCUT2D eigenvalue weighted by Crippen LogP contribution is -2.76. The topological polar surface area (TPSA) is 93.5 Å². The van der Waals surface area contributed by atoms with Gasteiger partial charge in [-0.15, -0.1) is 11.3 Å². The van der Waals surface area contributed by atoms with Gasteiger partial charge in [0.05, 0.1) is 16.7 Å². The standard InChI is InChI=1S/C17H23N3O4S/c1-6-24-12-8-17(15(22)23,16(12,3)4)18-13(21)11-7-10-9(2)19-20(5)14(10)25-11/h7,12H,6,8H2,1-5H3,(H,18,21)(H,22,23). The largest absolute Gasteiger partial charge is 0.479 e. The highest BCUT2D eigenvalue weighted by molar-refractivity contribution is 7.20. The van der Waals surface area contributed by atoms with Gasteiger partial charge in [0.2, 0.25) is 0 Å². The van der Waals surface area contributed by atoms with Crippen LogP contribution in [0.1, 0.15) is 42.6 Å². The number of fused-ring (bicyclic) bond motifs is 1. The summed E-state index contributed by atoms with van der Waals surface area (Å²) in [5.74, 6) is -1.40. The number of hydrogen-bond acceptors (Lipinski definition) is 5. The second-order valence-electron chi connectivity index (χ2n) is 7.07. The average Bonchev–Trinajstić information content (AvgIpc) is 3.08. The molecule has 1 aliphatic carbocycles. The Morgan fingerprint density at radius 1 is 1.52 bits per heavy atom. The van der Waals surface area contributed by atoms with Gasteiger partial charge >= 0.3 is 5.97 Å². The number of hydrogen-bond donors (Lipinski definition) is 2. The third-order valence-corrected chi connectivity index (χ3v) is 6.58. The van der Waals surface area contributed by atoms with E-state index in [1.165, 1.54) is 11.3 Å². The van der Waals surface area contributed by atoms with E-state index in [4.69, 9.17) is 4.74 Å². The van der Waals surface area contributed by atoms with E-state index in [0.29, 0.717) is 11.5 Å². The summed E-state index contributed by atoms with van der Waals surface area (Å²) in [6.07, 6.45) is 0.0724. The van der Waals surface area contributed by atoms with E-state index in [-0.39, 0.29) is 18.4 Å². The number of carboxylic acids is 1. The number of aromatic nitrogens is 2. The molecule has 2 aromatic heterocycles. The summed E-state index contributed by atoms with van der Waals surface area (Å²) in [4.78, 5) is 26.1. The smallest absolute Gasteiger partial charge is 0.330 e. The molecule has 136 valence electrons. The van der Waals surface area contributed by atoms with Gasteiger partial charge in [0.1, 0.15) is 10.4 Å². The molecule has 1 saturated carbocycles. The molecule has 3 rings (SSSR count). The van der Waals surface area contributed by atoms with E-state index in [1.807, 2.05) is 34.7 Å². The fourth-order valence-electron chi connectivity index (χ4n) is 3.61. The van der Waals surface area contributed by atoms with Crippen molar-refractivity contribution < 1.29 is 19.4 Å². The van der Waals surface area contributed by atoms with Crippen LogP contribution in [0.15, 0.2) is 6.07 Å². The zero-order valence-corrected chi connectivity index (χ0v) is 15.9. The Morgan fingerprint density at radius 2 is 2.20 bits per heavy atom. The minimum Gasteiger partial charge on any atom is -0.479 e. The van der Waals surface area contributed by atoms with Crippen molar-refractivity contribution in [2.24, 2.45) is 12.5 Å². The van der Waals surface area contributed by atoms with Crippen LogP contribution in [0.2, 0.25) is 0 Å². The number of carbonyl (C=O) groups is 2. The summed E-state index contributed by atoms with van der Waals surface area (Å²) in [5.41, 5.74) is -1.17. The van der Waals surface area contributed by atoms with Crippen molar-refractivity contribution in [3.8, 4) is 0 Å². The highest BCUT2D eigenvalue weighted by Gasteiger charge is 2.66. The van der Waals surface area contributed by atoms with Gasteiger partial charge < -0.3 is 15.2 Å². The lowest BCUT2D eigenvalue weighted by atomic mass is 9.54. The molecule has 1 fully saturated rings. The minimum atomic E-state index is -1.33. The molecule has 0 bridgehead atoms. The fourth-order valence-corrected chi connectivity index (χ4v) is 4.63. The first-order valence-electron chi connectivity index (χ1n) is 8.24. The summed E-state index contributed by atoms with van der Waals surface area (Å²) >= 11 is 1.32. The first-order valence-corrected chi connectivity index (χ1v) is 9.06. The number of aryl methyl sites for hydroxylation is 2. The van der Waals surface area contributed by atoms with E-state index in [2.05, 4.69) is 10.4 Å². The third kappa shape index (κ3) is 2.46. The van der Waals surface area contributed by atoms with Gasteiger partial charge in [-0.2, -0.15) is 5.10 Å². The molecule has 1 aliphatic rings. The van der Waals surface area contributed by atoms with Crippen molar-refractivity contribution in [1.29, 1.82) is 0 Å². The molecular weight excluding hydrogens is 342 g/mol. The molecule has 2 atom stereocenters. The summed E-state index contributed by atoms with van der Waals surface area (Å²) in [6, 6.07) is 1.78. The van der Waals surface area contributed by atoms with Crippen molar-refractivity contribution in [2.45, 2.75) is 45.8 Å². The monoisotopic (exact) mass is 365 g/mol. The predicted molar refractivity (Wildman–Crippen MR) is 95.0 cm³/mol. The SMILES string of the molecule is CCOC1CC(NC(=O)c2cc3c(C)nn(C)c3s2)(C(=O)O)C1(C)C. The van der Waals surface area contributed by atoms with Gasteiger partial charge in [-0.25, -0.2) is 4.79 Å². The summed E-state index contributed by atoms with van der Waals surface area (Å²) in [7, 11) is 1.83. The van der Waals surface area contributed by atoms with Crippen LogP contribution in [0.3, 0.4) is 0 Å². The number of nitrogens with one attached hydrogen (secondary N) is 1. The number of ether oxygens (including phenoxy) is 1. The van der Waals surface area contributed by atoms with E-state index in [1.54, 1.807) is 10.7 Å². The van der Waals surface area contributed by atoms with Crippen molar-refractivity contribution in [3.63, 3.8) is 0 Å². The van der Waals surface area contributed by atoms with Crippen LogP contribution < -0.4 is 5.32 Å². The Balaban J connectivity index is 1.89. The van der Waals surface area contributed by atoms with Crippen molar-refractivity contribution in [1.82, 2.24) is 15.1 Å². The highest BCUT2D eigenvalue weighted by atomic mass is 32.1. The number of nitrogens with zero attached hydrogens (tertiary/aromatic N) is 2. The van der Waals surface area contributed by atoms with Crippen LogP contribution in [0.4, 0.5) is 0 Å². The van der Waals surface area contributed by atoms with E-state index in [9.17, 15) is 14.7 Å². The minimum absolute atomic E-state index is 0.192. The lowest BCUT2D eigenvalue weighted by molar-refractivity contribution is -0.190. The Bertz CT molecular complexity index is 819. The third-order valence-electron chi connectivity index (χ3n) is 5.38. The number of aliphatic carboxylic acids is 1. The van der Waals surface area contributed by atoms with Crippen molar-refractivity contribution >= 4 is 33.4 Å². The summed E-state index contributed by atoms with van der Waals surface area (Å²) in [6.45, 7) is 7.93. The summed E-state index contributed by atoms with van der Waals surface area (Å²) < 4.78 is 7.36. The predicted octanol–water partition coefficient (Wildman–Crippen LogP) is 2.33. The van der Waals surface area contributed by atoms with E-state index in [0.717, 1.165) is 15.9 Å². The number of carboxylic acid groups (broad SMARTS) is 1. The molecule has 2 aromatic rings. The molecule has 25 heavy (non-hydrogen) atoms. The second-order valence-corrected chi connectivity index (χ2v) is 8.10. The lowest BCUT2D eigenvalue weighted by Gasteiger charge is -2.58. The molecule has 0 radical (unpaired) electrons. The molecule has 1 amide bonds. The Kier molecular flexibility index (Phi) is 4.15. The van der Waals surface area contributed by atoms with Gasteiger partial charge in [0, 0.05) is 30.9 Å². The van der Waals surface area contributed by atoms with Gasteiger partial charge in [-0.3, -0.25) is 9.48 Å². The van der Waals surface area contributed by atoms with Gasteiger partial charge in [-0.1, -0.05) is 13.8 Å². The molecule has 2 N–H and O–H groups in total. The summed E-state index contributed by atoms with van der Waals surface area (Å²) in [5, 5.41) is 17.8. The molecule has 0 spiro atoms. The zero-order valence-electron chi connectivity index (χ0n) is 15.0. The Hall–Kier alpha value is -1.93. The van der Waals surface area contributed by atoms with Crippen LogP contribution in [0.5, 0.6) is 0 Å². The first kappa shape index (κ1) is 17.9. The Morgan fingerprint density at radius 3 is 2.72 bits per heavy atom. The average molecular weight is 365 g/mol. The van der Waals surface area contributed by atoms with Crippen LogP contribution >= 0.6 is 11.3 Å². The number of rotatable bonds is 5. The normalized spacial score (nSPS) is 24.9. The van der Waals surface area contributed by atoms with Crippen LogP contribution in [-0.2, 0) is 16.6 Å². The van der Waals surface area contributed by atoms with Gasteiger partial charge in [0.15, 0.2) is 0 Å². The molecule has 7 nitrogen and oxygen atoms in total. The molecule has 2 unspecified atom stereocenters. The maximum absolute atomic E-state index is 12.8. The maximum atomic E-state index is 12.8. The molecule has 0 aromatic carbocycles. The first-order chi connectivity index (χ1) is 11.6. The molecule has 0 saturated heterocycles. The van der Waals surface area contributed by atoms with Crippen LogP contribution in [0, 0.1) is 12.3 Å². The van der Waals surface area contributed by atoms with E-state index >= 15 is 0 Å². The second kappa shape index (κ2) is 5.81. The molecule has 2 heterocycles. The molecule has 8 heteroatoms. The zero-order chi connectivity index (χ0) is 18.6. The van der Waals surface area contributed by atoms with Crippen LogP contribution in [-0.4, -0.2) is 45.0 Å². The fraction of sp³-hybridized carbons (Fsp3) is 0.588. The number of amides is 1. The highest BCUT2D eigenvalue weighted by Crippen LogP contribution is 2.51. The quantitative estimate of drug-likeness (QED) is 0.848. The Labute approximate surface area is 150 Å². The maximum Gasteiger partial charge on any atom is 0.330 e. The van der Waals surface area contributed by atoms with E-state index < -0.39 is 16.9 Å². The number of thiophene rings is 1. The van der Waals surface area contributed by atoms with Gasteiger partial charge in [0.25, 0.3) is 5.91 Å². The van der Waals surface area contributed by atoms with Gasteiger partial charge in [-0.05, 0) is 19.9 Å². The number of carbonyl (C=O) groups excluding carboxylic acids is 1. The van der Waals surface area contributed by atoms with Crippen LogP contribution in [0.25, 0.3) is 10.2 Å². The van der Waals surface area contributed by atoms with Crippen molar-refractivity contribution in [3.05, 3.63) is 16.6 Å². The molecular formula is C17H23N3O4S. The van der Waals surface area contributed by atoms with Crippen molar-refractivity contribution in [2.75, 3.05) is 6.61 Å². The molecule has 0 aliphatic heterocycles.